The predicted molar refractivity (Wildman–Crippen MR) is 64.3 cm³/mol. The van der Waals surface area contributed by atoms with E-state index in [1.54, 1.807) is 11.7 Å². The first kappa shape index (κ1) is 11.4. The molecule has 5 nitrogen and oxygen atoms in total. The highest BCUT2D eigenvalue weighted by Crippen LogP contribution is 2.11. The van der Waals surface area contributed by atoms with Crippen molar-refractivity contribution in [1.29, 1.82) is 0 Å². The standard InChI is InChI=1S/C12H15N3O2/c1-9-13-14-12(16)15(9)8-7-10-3-5-11(17-2)6-4-10/h3-6H,7-8H2,1-2H3,(H,14,16). The van der Waals surface area contributed by atoms with E-state index < -0.39 is 0 Å². The Kier molecular flexibility index (Phi) is 3.27. The van der Waals surface area contributed by atoms with Crippen molar-refractivity contribution in [3.05, 3.63) is 46.1 Å². The number of ether oxygens (including phenoxy) is 1. The molecule has 5 heteroatoms. The summed E-state index contributed by atoms with van der Waals surface area (Å²) in [6.45, 7) is 2.44. The Morgan fingerprint density at radius 2 is 2.06 bits per heavy atom. The van der Waals surface area contributed by atoms with Crippen LogP contribution in [0.5, 0.6) is 5.75 Å². The highest BCUT2D eigenvalue weighted by Gasteiger charge is 2.03. The van der Waals surface area contributed by atoms with E-state index in [-0.39, 0.29) is 5.69 Å². The zero-order chi connectivity index (χ0) is 12.3. The van der Waals surface area contributed by atoms with Crippen molar-refractivity contribution in [3.8, 4) is 5.75 Å². The van der Waals surface area contributed by atoms with Crippen molar-refractivity contribution >= 4 is 0 Å². The lowest BCUT2D eigenvalue weighted by molar-refractivity contribution is 0.414. The Balaban J connectivity index is 2.05. The largest absolute Gasteiger partial charge is 0.497 e. The number of nitrogens with zero attached hydrogens (tertiary/aromatic N) is 2. The van der Waals surface area contributed by atoms with Crippen LogP contribution in [0.4, 0.5) is 0 Å². The molecule has 0 aliphatic rings. The number of hydrogen-bond donors (Lipinski definition) is 1. The minimum absolute atomic E-state index is 0.156. The molecule has 0 radical (unpaired) electrons. The lowest BCUT2D eigenvalue weighted by atomic mass is 10.1. The van der Waals surface area contributed by atoms with Crippen LogP contribution in [-0.4, -0.2) is 21.9 Å². The number of benzene rings is 1. The van der Waals surface area contributed by atoms with Gasteiger partial charge in [-0.3, -0.25) is 4.57 Å². The van der Waals surface area contributed by atoms with Crippen LogP contribution in [0.25, 0.3) is 0 Å². The van der Waals surface area contributed by atoms with Crippen LogP contribution in [0.15, 0.2) is 29.1 Å². The summed E-state index contributed by atoms with van der Waals surface area (Å²) < 4.78 is 6.72. The molecule has 0 saturated carbocycles. The molecule has 0 aliphatic heterocycles. The van der Waals surface area contributed by atoms with Gasteiger partial charge in [-0.15, -0.1) is 0 Å². The first-order chi connectivity index (χ1) is 8.20. The van der Waals surface area contributed by atoms with E-state index in [9.17, 15) is 4.79 Å². The average molecular weight is 233 g/mol. The average Bonchev–Trinajstić information content (AvgIpc) is 2.67. The van der Waals surface area contributed by atoms with Gasteiger partial charge in [0.05, 0.1) is 7.11 Å². The van der Waals surface area contributed by atoms with Gasteiger partial charge in [-0.05, 0) is 31.0 Å². The normalized spacial score (nSPS) is 10.5. The number of aromatic amines is 1. The lowest BCUT2D eigenvalue weighted by Crippen LogP contribution is -2.19. The van der Waals surface area contributed by atoms with E-state index in [0.29, 0.717) is 12.4 Å². The van der Waals surface area contributed by atoms with Gasteiger partial charge in [0.15, 0.2) is 0 Å². The van der Waals surface area contributed by atoms with Gasteiger partial charge in [0.25, 0.3) is 0 Å². The zero-order valence-electron chi connectivity index (χ0n) is 9.93. The molecule has 17 heavy (non-hydrogen) atoms. The fourth-order valence-corrected chi connectivity index (χ4v) is 1.69. The topological polar surface area (TPSA) is 59.9 Å². The second kappa shape index (κ2) is 4.86. The van der Waals surface area contributed by atoms with Crippen molar-refractivity contribution in [2.24, 2.45) is 0 Å². The molecule has 1 heterocycles. The van der Waals surface area contributed by atoms with Gasteiger partial charge >= 0.3 is 5.69 Å². The minimum Gasteiger partial charge on any atom is -0.497 e. The molecule has 1 N–H and O–H groups in total. The molecule has 2 aromatic rings. The fraction of sp³-hybridized carbons (Fsp3) is 0.333. The number of methoxy groups -OCH3 is 1. The first-order valence-corrected chi connectivity index (χ1v) is 5.45. The second-order valence-corrected chi connectivity index (χ2v) is 3.83. The molecule has 0 unspecified atom stereocenters. The van der Waals surface area contributed by atoms with E-state index in [2.05, 4.69) is 10.2 Å². The molecule has 0 bridgehead atoms. The van der Waals surface area contributed by atoms with Gasteiger partial charge < -0.3 is 4.74 Å². The number of rotatable bonds is 4. The smallest absolute Gasteiger partial charge is 0.343 e. The molecule has 0 spiro atoms. The van der Waals surface area contributed by atoms with Crippen molar-refractivity contribution in [2.45, 2.75) is 19.9 Å². The summed E-state index contributed by atoms with van der Waals surface area (Å²) in [6.07, 6.45) is 0.796. The quantitative estimate of drug-likeness (QED) is 0.861. The maximum absolute atomic E-state index is 11.4. The van der Waals surface area contributed by atoms with Crippen LogP contribution in [0, 0.1) is 6.92 Å². The molecule has 1 aromatic carbocycles. The van der Waals surface area contributed by atoms with Gasteiger partial charge in [0.1, 0.15) is 11.6 Å². The molecular formula is C12H15N3O2. The number of aromatic nitrogens is 3. The Morgan fingerprint density at radius 3 is 2.59 bits per heavy atom. The third-order valence-electron chi connectivity index (χ3n) is 2.73. The number of hydrogen-bond acceptors (Lipinski definition) is 3. The van der Waals surface area contributed by atoms with Crippen molar-refractivity contribution in [1.82, 2.24) is 14.8 Å². The number of aryl methyl sites for hydroxylation is 2. The number of nitrogens with one attached hydrogen (secondary N) is 1. The van der Waals surface area contributed by atoms with Gasteiger partial charge in [-0.25, -0.2) is 9.89 Å². The highest BCUT2D eigenvalue weighted by atomic mass is 16.5. The molecule has 0 atom stereocenters. The molecule has 0 aliphatic carbocycles. The summed E-state index contributed by atoms with van der Waals surface area (Å²) >= 11 is 0. The zero-order valence-corrected chi connectivity index (χ0v) is 9.93. The van der Waals surface area contributed by atoms with Gasteiger partial charge in [0.2, 0.25) is 0 Å². The molecule has 2 rings (SSSR count). The van der Waals surface area contributed by atoms with E-state index in [1.807, 2.05) is 31.2 Å². The second-order valence-electron chi connectivity index (χ2n) is 3.83. The van der Waals surface area contributed by atoms with Crippen molar-refractivity contribution in [3.63, 3.8) is 0 Å². The lowest BCUT2D eigenvalue weighted by Gasteiger charge is -2.04. The van der Waals surface area contributed by atoms with Crippen molar-refractivity contribution in [2.75, 3.05) is 7.11 Å². The first-order valence-electron chi connectivity index (χ1n) is 5.45. The maximum atomic E-state index is 11.4. The minimum atomic E-state index is -0.156. The van der Waals surface area contributed by atoms with Crippen molar-refractivity contribution < 1.29 is 4.74 Å². The van der Waals surface area contributed by atoms with Gasteiger partial charge in [-0.2, -0.15) is 5.10 Å². The summed E-state index contributed by atoms with van der Waals surface area (Å²) in [4.78, 5) is 11.4. The van der Waals surface area contributed by atoms with Crippen LogP contribution < -0.4 is 10.4 Å². The van der Waals surface area contributed by atoms with Crippen LogP contribution in [0.2, 0.25) is 0 Å². The van der Waals surface area contributed by atoms with Gasteiger partial charge in [-0.1, -0.05) is 12.1 Å². The fourth-order valence-electron chi connectivity index (χ4n) is 1.69. The summed E-state index contributed by atoms with van der Waals surface area (Å²) in [5.41, 5.74) is 1.01. The Morgan fingerprint density at radius 1 is 1.35 bits per heavy atom. The Hall–Kier alpha value is -2.04. The Labute approximate surface area is 99.1 Å². The maximum Gasteiger partial charge on any atom is 0.343 e. The van der Waals surface area contributed by atoms with Gasteiger partial charge in [0, 0.05) is 6.54 Å². The SMILES string of the molecule is COc1ccc(CCn2c(C)n[nH]c2=O)cc1. The number of H-pyrrole nitrogens is 1. The summed E-state index contributed by atoms with van der Waals surface area (Å²) in [7, 11) is 1.64. The van der Waals surface area contributed by atoms with E-state index in [1.165, 1.54) is 5.56 Å². The molecule has 90 valence electrons. The van der Waals surface area contributed by atoms with Crippen LogP contribution in [0.1, 0.15) is 11.4 Å². The van der Waals surface area contributed by atoms with E-state index >= 15 is 0 Å². The monoisotopic (exact) mass is 233 g/mol. The van der Waals surface area contributed by atoms with E-state index in [0.717, 1.165) is 12.2 Å². The van der Waals surface area contributed by atoms with Crippen LogP contribution >= 0.6 is 0 Å². The van der Waals surface area contributed by atoms with Crippen LogP contribution in [0.3, 0.4) is 0 Å². The summed E-state index contributed by atoms with van der Waals surface area (Å²) in [5.74, 6) is 1.55. The predicted octanol–water partition coefficient (Wildman–Crippen LogP) is 1.13. The summed E-state index contributed by atoms with van der Waals surface area (Å²) in [5, 5.41) is 6.29. The third-order valence-corrected chi connectivity index (χ3v) is 2.73. The van der Waals surface area contributed by atoms with Crippen LogP contribution in [-0.2, 0) is 13.0 Å². The summed E-state index contributed by atoms with van der Waals surface area (Å²) in [6, 6.07) is 7.83. The molecular weight excluding hydrogens is 218 g/mol. The molecule has 1 aromatic heterocycles. The highest BCUT2D eigenvalue weighted by molar-refractivity contribution is 5.27. The third kappa shape index (κ3) is 2.55. The molecule has 0 fully saturated rings. The molecule has 0 amide bonds. The Bertz CT molecular complexity index is 540. The molecule has 0 saturated heterocycles. The van der Waals surface area contributed by atoms with E-state index in [4.69, 9.17) is 4.74 Å².